The minimum Gasteiger partial charge on any atom is -0.497 e. The van der Waals surface area contributed by atoms with Gasteiger partial charge in [-0.1, -0.05) is 77.1 Å². The van der Waals surface area contributed by atoms with Gasteiger partial charge in [0.15, 0.2) is 0 Å². The maximum Gasteiger partial charge on any atom is 0.298 e. The Morgan fingerprint density at radius 3 is 2.20 bits per heavy atom. The number of hydrogen-bond acceptors (Lipinski definition) is 6. The largest absolute Gasteiger partial charge is 0.497 e. The van der Waals surface area contributed by atoms with Crippen molar-refractivity contribution in [1.29, 1.82) is 0 Å². The number of fused-ring (bicyclic) bond motifs is 7. The lowest BCUT2D eigenvalue weighted by atomic mass is 9.33. The number of ether oxygens (including phenoxy) is 2. The standard InChI is InChI=1S/C50H71N3O3/c1-35(2)40-19-24-50(51-27-28-52-29-31-53(32-30-52)33-36-9-13-38(55-8)14-10-36)26-25-48(6)42(45(40)50)17-18-44-47(5)22-20-41(37-11-15-39(16-12-37)56-34-54)46(3,4)43(47)21-23-49(44,48)7/h9-16,20,34,40,42-45,51H,1,17-19,21-33H2,2-8H3/t40-,42+,43-,44+,45+,47-,48+,49+,50-/m0/s1. The number of piperazine rings is 1. The number of allylic oxidation sites excluding steroid dienone is 3. The molecular formula is C50H71N3O3. The third kappa shape index (κ3) is 6.53. The number of nitrogens with zero attached hydrogens (tertiary/aromatic N) is 2. The molecule has 0 unspecified atom stereocenters. The monoisotopic (exact) mass is 762 g/mol. The summed E-state index contributed by atoms with van der Waals surface area (Å²) in [5.41, 5.74) is 6.80. The Hall–Kier alpha value is -2.93. The first kappa shape index (κ1) is 39.9. The van der Waals surface area contributed by atoms with E-state index in [1.807, 2.05) is 12.1 Å². The van der Waals surface area contributed by atoms with E-state index >= 15 is 0 Å². The van der Waals surface area contributed by atoms with Crippen molar-refractivity contribution in [2.24, 2.45) is 51.2 Å². The average Bonchev–Trinajstić information content (AvgIpc) is 3.57. The highest BCUT2D eigenvalue weighted by Gasteiger charge is 2.70. The summed E-state index contributed by atoms with van der Waals surface area (Å²) in [4.78, 5) is 16.2. The fourth-order valence-corrected chi connectivity index (χ4v) is 14.9. The third-order valence-corrected chi connectivity index (χ3v) is 17.9. The zero-order valence-electron chi connectivity index (χ0n) is 35.8. The summed E-state index contributed by atoms with van der Waals surface area (Å²) in [5, 5.41) is 4.38. The summed E-state index contributed by atoms with van der Waals surface area (Å²) >= 11 is 0. The second kappa shape index (κ2) is 15.0. The Morgan fingerprint density at radius 1 is 0.821 bits per heavy atom. The molecule has 1 aliphatic heterocycles. The van der Waals surface area contributed by atoms with E-state index in [1.54, 1.807) is 7.11 Å². The van der Waals surface area contributed by atoms with Gasteiger partial charge < -0.3 is 14.8 Å². The van der Waals surface area contributed by atoms with E-state index in [2.05, 4.69) is 106 Å². The van der Waals surface area contributed by atoms with Crippen molar-refractivity contribution in [3.05, 3.63) is 77.9 Å². The normalized spacial score (nSPS) is 38.0. The number of methoxy groups -OCH3 is 1. The highest BCUT2D eigenvalue weighted by Crippen LogP contribution is 2.76. The van der Waals surface area contributed by atoms with Crippen LogP contribution in [0.25, 0.3) is 5.57 Å². The van der Waals surface area contributed by atoms with Crippen LogP contribution in [-0.2, 0) is 11.3 Å². The Kier molecular flexibility index (Phi) is 10.7. The van der Waals surface area contributed by atoms with E-state index in [0.29, 0.717) is 40.8 Å². The molecule has 8 rings (SSSR count). The number of carbonyl (C=O) groups excluding carboxylic acids is 1. The Labute approximate surface area is 338 Å². The molecule has 1 N–H and O–H groups in total. The van der Waals surface area contributed by atoms with Gasteiger partial charge in [-0.15, -0.1) is 0 Å². The first-order chi connectivity index (χ1) is 26.8. The molecule has 6 aliphatic rings. The lowest BCUT2D eigenvalue weighted by Crippen LogP contribution is -2.68. The lowest BCUT2D eigenvalue weighted by molar-refractivity contribution is -0.219. The van der Waals surface area contributed by atoms with Gasteiger partial charge in [0.2, 0.25) is 0 Å². The highest BCUT2D eigenvalue weighted by atomic mass is 16.5. The molecule has 9 atom stereocenters. The molecule has 1 heterocycles. The molecular weight excluding hydrogens is 691 g/mol. The van der Waals surface area contributed by atoms with Crippen molar-refractivity contribution in [3.8, 4) is 11.5 Å². The first-order valence-electron chi connectivity index (χ1n) is 22.2. The van der Waals surface area contributed by atoms with Gasteiger partial charge in [0, 0.05) is 51.4 Å². The van der Waals surface area contributed by atoms with Crippen LogP contribution in [0.4, 0.5) is 0 Å². The van der Waals surface area contributed by atoms with Crippen LogP contribution in [-0.4, -0.2) is 68.2 Å². The van der Waals surface area contributed by atoms with E-state index in [9.17, 15) is 4.79 Å². The van der Waals surface area contributed by atoms with Gasteiger partial charge in [-0.3, -0.25) is 14.6 Å². The topological polar surface area (TPSA) is 54.0 Å². The third-order valence-electron chi connectivity index (χ3n) is 17.9. The maximum absolute atomic E-state index is 10.9. The zero-order chi connectivity index (χ0) is 39.5. The van der Waals surface area contributed by atoms with Crippen molar-refractivity contribution in [2.75, 3.05) is 46.4 Å². The molecule has 304 valence electrons. The summed E-state index contributed by atoms with van der Waals surface area (Å²) in [5.74, 6) is 4.96. The van der Waals surface area contributed by atoms with Gasteiger partial charge in [-0.05, 0) is 157 Å². The second-order valence-electron chi connectivity index (χ2n) is 20.5. The van der Waals surface area contributed by atoms with Crippen LogP contribution in [0, 0.1) is 51.2 Å². The molecule has 0 aromatic heterocycles. The molecule has 6 nitrogen and oxygen atoms in total. The van der Waals surface area contributed by atoms with Crippen molar-refractivity contribution < 1.29 is 14.3 Å². The number of rotatable bonds is 11. The average molecular weight is 762 g/mol. The molecule has 0 radical (unpaired) electrons. The molecule has 0 amide bonds. The minimum atomic E-state index is 0.0738. The van der Waals surface area contributed by atoms with E-state index < -0.39 is 0 Å². The summed E-state index contributed by atoms with van der Waals surface area (Å²) in [6.45, 7) is 28.6. The molecule has 4 saturated carbocycles. The van der Waals surface area contributed by atoms with E-state index in [1.165, 1.54) is 73.6 Å². The summed E-state index contributed by atoms with van der Waals surface area (Å²) < 4.78 is 10.5. The Bertz CT molecular complexity index is 1780. The second-order valence-corrected chi connectivity index (χ2v) is 20.5. The van der Waals surface area contributed by atoms with Gasteiger partial charge in [0.1, 0.15) is 11.5 Å². The molecule has 6 heteroatoms. The van der Waals surface area contributed by atoms with Crippen molar-refractivity contribution in [3.63, 3.8) is 0 Å². The lowest BCUT2D eigenvalue weighted by Gasteiger charge is -2.72. The molecule has 0 bridgehead atoms. The van der Waals surface area contributed by atoms with Gasteiger partial charge in [-0.2, -0.15) is 0 Å². The number of benzene rings is 2. The van der Waals surface area contributed by atoms with E-state index in [0.717, 1.165) is 69.8 Å². The molecule has 0 spiro atoms. The molecule has 5 fully saturated rings. The zero-order valence-corrected chi connectivity index (χ0v) is 35.8. The molecule has 2 aromatic rings. The fourth-order valence-electron chi connectivity index (χ4n) is 14.9. The van der Waals surface area contributed by atoms with Gasteiger partial charge in [0.25, 0.3) is 6.47 Å². The van der Waals surface area contributed by atoms with Crippen LogP contribution >= 0.6 is 0 Å². The van der Waals surface area contributed by atoms with Crippen molar-refractivity contribution in [1.82, 2.24) is 15.1 Å². The van der Waals surface area contributed by atoms with E-state index in [4.69, 9.17) is 9.47 Å². The molecule has 1 saturated heterocycles. The summed E-state index contributed by atoms with van der Waals surface area (Å²) in [6.07, 6.45) is 14.4. The smallest absolute Gasteiger partial charge is 0.298 e. The number of hydrogen-bond donors (Lipinski definition) is 1. The van der Waals surface area contributed by atoms with Crippen LogP contribution in [0.15, 0.2) is 66.8 Å². The number of nitrogens with one attached hydrogen (secondary N) is 1. The Balaban J connectivity index is 0.960. The SMILES string of the molecule is C=C(C)[C@@H]1CC[C@]2(NCCN3CCN(Cc4ccc(OC)cc4)CC3)CC[C@]3(C)[C@H](CC[C@@H]4[C@@]5(C)CC=C(c6ccc(OC=O)cc6)C(C)(C)[C@@H]5CC[C@]43C)[C@@H]12. The predicted molar refractivity (Wildman–Crippen MR) is 228 cm³/mol. The maximum atomic E-state index is 10.9. The quantitative estimate of drug-likeness (QED) is 0.182. The fraction of sp³-hybridized carbons (Fsp3) is 0.660. The molecule has 5 aliphatic carbocycles. The molecule has 56 heavy (non-hydrogen) atoms. The number of carbonyl (C=O) groups is 1. The van der Waals surface area contributed by atoms with Crippen molar-refractivity contribution >= 4 is 12.0 Å². The van der Waals surface area contributed by atoms with Crippen LogP contribution in [0.1, 0.15) is 110 Å². The van der Waals surface area contributed by atoms with Gasteiger partial charge in [0.05, 0.1) is 7.11 Å². The van der Waals surface area contributed by atoms with Crippen LogP contribution in [0.5, 0.6) is 11.5 Å². The van der Waals surface area contributed by atoms with Crippen LogP contribution in [0.2, 0.25) is 0 Å². The van der Waals surface area contributed by atoms with Gasteiger partial charge in [-0.25, -0.2) is 0 Å². The van der Waals surface area contributed by atoms with Gasteiger partial charge >= 0.3 is 0 Å². The van der Waals surface area contributed by atoms with E-state index in [-0.39, 0.29) is 16.4 Å². The highest BCUT2D eigenvalue weighted by molar-refractivity contribution is 5.72. The predicted octanol–water partition coefficient (Wildman–Crippen LogP) is 10.0. The minimum absolute atomic E-state index is 0.0738. The van der Waals surface area contributed by atoms with Crippen molar-refractivity contribution in [2.45, 2.75) is 111 Å². The Morgan fingerprint density at radius 2 is 1.52 bits per heavy atom. The first-order valence-corrected chi connectivity index (χ1v) is 22.2. The molecule has 2 aromatic carbocycles. The van der Waals surface area contributed by atoms with Crippen LogP contribution in [0.3, 0.4) is 0 Å². The summed E-state index contributed by atoms with van der Waals surface area (Å²) in [7, 11) is 1.74. The summed E-state index contributed by atoms with van der Waals surface area (Å²) in [6, 6.07) is 16.8. The van der Waals surface area contributed by atoms with Crippen LogP contribution < -0.4 is 14.8 Å².